The van der Waals surface area contributed by atoms with Gasteiger partial charge in [-0.1, -0.05) is 47.1 Å². The lowest BCUT2D eigenvalue weighted by Gasteiger charge is -2.40. The summed E-state index contributed by atoms with van der Waals surface area (Å²) in [6.45, 7) is 3.14. The van der Waals surface area contributed by atoms with Crippen LogP contribution >= 0.6 is 11.6 Å². The number of benzene rings is 3. The smallest absolute Gasteiger partial charge is 0.335 e. The molecule has 6 rings (SSSR count). The van der Waals surface area contributed by atoms with Crippen molar-refractivity contribution < 1.29 is 28.7 Å². The second kappa shape index (κ2) is 10.8. The van der Waals surface area contributed by atoms with Crippen molar-refractivity contribution in [2.75, 3.05) is 18.0 Å². The number of anilines is 1. The molecule has 0 radical (unpaired) electrons. The minimum Gasteiger partial charge on any atom is -0.489 e. The van der Waals surface area contributed by atoms with Crippen LogP contribution in [0.3, 0.4) is 0 Å². The highest BCUT2D eigenvalue weighted by molar-refractivity contribution is 6.31. The van der Waals surface area contributed by atoms with Gasteiger partial charge in [0.15, 0.2) is 0 Å². The Morgan fingerprint density at radius 2 is 1.90 bits per heavy atom. The van der Waals surface area contributed by atoms with E-state index in [-0.39, 0.29) is 12.2 Å². The van der Waals surface area contributed by atoms with Crippen LogP contribution < -0.4 is 9.64 Å². The number of aromatic nitrogens is 1. The van der Waals surface area contributed by atoms with Gasteiger partial charge in [0.1, 0.15) is 29.6 Å². The highest BCUT2D eigenvalue weighted by atomic mass is 35.5. The topological polar surface area (TPSA) is 96.0 Å². The zero-order valence-electron chi connectivity index (χ0n) is 22.6. The van der Waals surface area contributed by atoms with E-state index in [0.29, 0.717) is 53.9 Å². The average molecular weight is 577 g/mol. The number of hydrogen-bond donors (Lipinski definition) is 2. The lowest BCUT2D eigenvalue weighted by atomic mass is 9.84. The van der Waals surface area contributed by atoms with Crippen molar-refractivity contribution in [2.45, 2.75) is 50.7 Å². The predicted octanol–water partition coefficient (Wildman–Crippen LogP) is 7.09. The Hall–Kier alpha value is -3.88. The van der Waals surface area contributed by atoms with Crippen LogP contribution in [0.4, 0.5) is 10.1 Å². The first-order valence-electron chi connectivity index (χ1n) is 13.7. The number of aryl methyl sites for hydroxylation is 1. The van der Waals surface area contributed by atoms with Crippen molar-refractivity contribution in [1.29, 1.82) is 0 Å². The summed E-state index contributed by atoms with van der Waals surface area (Å²) in [7, 11) is 0. The molecule has 1 saturated carbocycles. The molecule has 2 fully saturated rings. The van der Waals surface area contributed by atoms with Gasteiger partial charge < -0.3 is 24.4 Å². The highest BCUT2D eigenvalue weighted by Gasteiger charge is 2.36. The van der Waals surface area contributed by atoms with Gasteiger partial charge in [-0.3, -0.25) is 0 Å². The standard InChI is InChI=1S/C32H30ClFN2O5/c1-19-4-2-3-5-25(19)29-26(30(41-35-29)20-6-7-20)18-40-24-8-9-27(28(33)17-24)32(39)10-12-36(13-11-32)23-15-21(31(37)38)14-22(34)16-23/h2-5,8-9,14-17,20,39H,6-7,10-13,18H2,1H3,(H,37,38). The number of nitrogens with zero attached hydrogens (tertiary/aromatic N) is 2. The average Bonchev–Trinajstić information content (AvgIpc) is 3.71. The van der Waals surface area contributed by atoms with Crippen LogP contribution in [-0.4, -0.2) is 34.4 Å². The summed E-state index contributed by atoms with van der Waals surface area (Å²) in [6, 6.07) is 17.1. The molecule has 212 valence electrons. The molecule has 2 aliphatic rings. The molecule has 2 N–H and O–H groups in total. The highest BCUT2D eigenvalue weighted by Crippen LogP contribution is 2.45. The number of hydrogen-bond acceptors (Lipinski definition) is 6. The summed E-state index contributed by atoms with van der Waals surface area (Å²) < 4.78 is 26.0. The number of ether oxygens (including phenoxy) is 1. The van der Waals surface area contributed by atoms with Crippen molar-refractivity contribution in [3.63, 3.8) is 0 Å². The third-order valence-corrected chi connectivity index (χ3v) is 8.39. The molecular formula is C32H30ClFN2O5. The largest absolute Gasteiger partial charge is 0.489 e. The molecule has 9 heteroatoms. The first kappa shape index (κ1) is 27.3. The van der Waals surface area contributed by atoms with Gasteiger partial charge in [0, 0.05) is 35.8 Å². The van der Waals surface area contributed by atoms with E-state index < -0.39 is 17.4 Å². The molecule has 2 heterocycles. The molecular weight excluding hydrogens is 547 g/mol. The summed E-state index contributed by atoms with van der Waals surface area (Å²) in [5.41, 5.74) is 3.64. The van der Waals surface area contributed by atoms with Gasteiger partial charge in [-0.2, -0.15) is 0 Å². The third kappa shape index (κ3) is 5.54. The second-order valence-corrected chi connectivity index (χ2v) is 11.3. The van der Waals surface area contributed by atoms with Crippen LogP contribution in [0.25, 0.3) is 11.3 Å². The van der Waals surface area contributed by atoms with Crippen LogP contribution in [0.5, 0.6) is 5.75 Å². The zero-order valence-corrected chi connectivity index (χ0v) is 23.3. The molecule has 0 unspecified atom stereocenters. The lowest BCUT2D eigenvalue weighted by Crippen LogP contribution is -2.42. The number of piperidine rings is 1. The van der Waals surface area contributed by atoms with E-state index in [4.69, 9.17) is 20.9 Å². The molecule has 0 atom stereocenters. The maximum absolute atomic E-state index is 14.0. The first-order chi connectivity index (χ1) is 19.7. The van der Waals surface area contributed by atoms with Gasteiger partial charge in [0.05, 0.1) is 21.8 Å². The quantitative estimate of drug-likeness (QED) is 0.231. The molecule has 4 aromatic rings. The van der Waals surface area contributed by atoms with E-state index in [2.05, 4.69) is 5.16 Å². The van der Waals surface area contributed by atoms with E-state index in [1.54, 1.807) is 18.2 Å². The Morgan fingerprint density at radius 3 is 2.59 bits per heavy atom. The van der Waals surface area contributed by atoms with Crippen LogP contribution in [0.15, 0.2) is 65.2 Å². The summed E-state index contributed by atoms with van der Waals surface area (Å²) >= 11 is 6.68. The fourth-order valence-corrected chi connectivity index (χ4v) is 5.93. The number of rotatable bonds is 8. The van der Waals surface area contributed by atoms with E-state index in [1.165, 1.54) is 12.1 Å². The second-order valence-electron chi connectivity index (χ2n) is 10.9. The van der Waals surface area contributed by atoms with Gasteiger partial charge in [-0.15, -0.1) is 0 Å². The maximum atomic E-state index is 14.0. The van der Waals surface area contributed by atoms with Gasteiger partial charge >= 0.3 is 5.97 Å². The summed E-state index contributed by atoms with van der Waals surface area (Å²) in [5, 5.41) is 25.6. The summed E-state index contributed by atoms with van der Waals surface area (Å²) in [5.74, 6) is 0.0154. The number of aromatic carboxylic acids is 1. The Morgan fingerprint density at radius 1 is 1.15 bits per heavy atom. The molecule has 1 aliphatic heterocycles. The molecule has 0 spiro atoms. The number of carbonyl (C=O) groups is 1. The van der Waals surface area contributed by atoms with Crippen molar-refractivity contribution in [1.82, 2.24) is 5.16 Å². The molecule has 1 saturated heterocycles. The van der Waals surface area contributed by atoms with Crippen molar-refractivity contribution in [3.05, 3.63) is 99.5 Å². The molecule has 0 bridgehead atoms. The fraction of sp³-hybridized carbons (Fsp3) is 0.312. The van der Waals surface area contributed by atoms with E-state index >= 15 is 0 Å². The van der Waals surface area contributed by atoms with Crippen molar-refractivity contribution >= 4 is 23.3 Å². The normalized spacial score (nSPS) is 16.5. The lowest BCUT2D eigenvalue weighted by molar-refractivity contribution is 0.0118. The maximum Gasteiger partial charge on any atom is 0.335 e. The minimum absolute atomic E-state index is 0.110. The number of halogens is 2. The Balaban J connectivity index is 1.17. The van der Waals surface area contributed by atoms with Crippen LogP contribution in [-0.2, 0) is 12.2 Å². The summed E-state index contributed by atoms with van der Waals surface area (Å²) in [4.78, 5) is 13.2. The SMILES string of the molecule is Cc1ccccc1-c1noc(C2CC2)c1COc1ccc(C2(O)CCN(c3cc(F)cc(C(=O)O)c3)CC2)c(Cl)c1. The minimum atomic E-state index is -1.19. The Kier molecular flexibility index (Phi) is 7.21. The Bertz CT molecular complexity index is 1610. The number of aliphatic hydroxyl groups is 1. The Labute approximate surface area is 242 Å². The molecule has 0 amide bonds. The van der Waals surface area contributed by atoms with E-state index in [1.807, 2.05) is 36.1 Å². The van der Waals surface area contributed by atoms with Crippen LogP contribution in [0.2, 0.25) is 5.02 Å². The predicted molar refractivity (Wildman–Crippen MR) is 153 cm³/mol. The number of carboxylic acid groups (broad SMARTS) is 1. The molecule has 3 aromatic carbocycles. The van der Waals surface area contributed by atoms with E-state index in [0.717, 1.165) is 47.1 Å². The van der Waals surface area contributed by atoms with E-state index in [9.17, 15) is 19.4 Å². The number of carboxylic acids is 1. The van der Waals surface area contributed by atoms with Gasteiger partial charge in [-0.25, -0.2) is 9.18 Å². The van der Waals surface area contributed by atoms with Crippen LogP contribution in [0.1, 0.15) is 64.4 Å². The third-order valence-electron chi connectivity index (χ3n) is 8.08. The monoisotopic (exact) mass is 576 g/mol. The van der Waals surface area contributed by atoms with Crippen molar-refractivity contribution in [2.24, 2.45) is 0 Å². The van der Waals surface area contributed by atoms with Crippen molar-refractivity contribution in [3.8, 4) is 17.0 Å². The molecule has 41 heavy (non-hydrogen) atoms. The molecule has 1 aliphatic carbocycles. The van der Waals surface area contributed by atoms with Gasteiger partial charge in [0.25, 0.3) is 0 Å². The van der Waals surface area contributed by atoms with Crippen LogP contribution in [0, 0.1) is 12.7 Å². The first-order valence-corrected chi connectivity index (χ1v) is 14.1. The summed E-state index contributed by atoms with van der Waals surface area (Å²) in [6.07, 6.45) is 2.84. The van der Waals surface area contributed by atoms with Gasteiger partial charge in [0.2, 0.25) is 0 Å². The molecule has 7 nitrogen and oxygen atoms in total. The fourth-order valence-electron chi connectivity index (χ4n) is 5.58. The molecule has 1 aromatic heterocycles. The van der Waals surface area contributed by atoms with Gasteiger partial charge in [-0.05, 0) is 68.5 Å². The zero-order chi connectivity index (χ0) is 28.7.